The van der Waals surface area contributed by atoms with Crippen LogP contribution in [-0.4, -0.2) is 12.6 Å². The van der Waals surface area contributed by atoms with Crippen LogP contribution in [0.1, 0.15) is 46.0 Å². The SMILES string of the molecule is CCCCCCC(Cl)=CCOC(C)=O. The molecule has 0 N–H and O–H groups in total. The van der Waals surface area contributed by atoms with E-state index in [1.807, 2.05) is 0 Å². The van der Waals surface area contributed by atoms with Gasteiger partial charge in [0.1, 0.15) is 6.61 Å². The Kier molecular flexibility index (Phi) is 8.75. The highest BCUT2D eigenvalue weighted by Gasteiger charge is 1.94. The van der Waals surface area contributed by atoms with Gasteiger partial charge < -0.3 is 4.74 Å². The van der Waals surface area contributed by atoms with E-state index in [4.69, 9.17) is 16.3 Å². The van der Waals surface area contributed by atoms with Crippen molar-refractivity contribution < 1.29 is 9.53 Å². The molecule has 0 aliphatic rings. The van der Waals surface area contributed by atoms with Crippen molar-refractivity contribution >= 4 is 17.6 Å². The molecule has 3 heteroatoms. The van der Waals surface area contributed by atoms with Gasteiger partial charge in [-0.1, -0.05) is 37.8 Å². The molecular weight excluding hydrogens is 200 g/mol. The molecule has 0 unspecified atom stereocenters. The van der Waals surface area contributed by atoms with Crippen LogP contribution in [0.5, 0.6) is 0 Å². The molecule has 0 aliphatic carbocycles. The first-order chi connectivity index (χ1) is 6.66. The van der Waals surface area contributed by atoms with E-state index in [9.17, 15) is 4.79 Å². The number of halogens is 1. The lowest BCUT2D eigenvalue weighted by Gasteiger charge is -2.00. The minimum Gasteiger partial charge on any atom is -0.462 e. The van der Waals surface area contributed by atoms with Gasteiger partial charge in [-0.15, -0.1) is 0 Å². The van der Waals surface area contributed by atoms with Gasteiger partial charge in [-0.05, 0) is 18.9 Å². The maximum Gasteiger partial charge on any atom is 0.302 e. The first-order valence-electron chi connectivity index (χ1n) is 5.14. The molecule has 0 fully saturated rings. The van der Waals surface area contributed by atoms with E-state index in [0.717, 1.165) is 17.9 Å². The molecule has 82 valence electrons. The number of hydrogen-bond acceptors (Lipinski definition) is 2. The quantitative estimate of drug-likeness (QED) is 0.482. The minimum absolute atomic E-state index is 0.267. The zero-order valence-electron chi connectivity index (χ0n) is 9.01. The Morgan fingerprint density at radius 1 is 1.36 bits per heavy atom. The number of esters is 1. The fourth-order valence-electron chi connectivity index (χ4n) is 1.07. The number of ether oxygens (including phenoxy) is 1. The van der Waals surface area contributed by atoms with Gasteiger partial charge in [0.25, 0.3) is 0 Å². The number of rotatable bonds is 7. The van der Waals surface area contributed by atoms with Crippen LogP contribution in [0.2, 0.25) is 0 Å². The maximum absolute atomic E-state index is 10.4. The van der Waals surface area contributed by atoms with E-state index >= 15 is 0 Å². The average Bonchev–Trinajstić information content (AvgIpc) is 2.12. The van der Waals surface area contributed by atoms with E-state index in [1.165, 1.54) is 26.2 Å². The summed E-state index contributed by atoms with van der Waals surface area (Å²) in [6.07, 6.45) is 7.47. The summed E-state index contributed by atoms with van der Waals surface area (Å²) in [6.45, 7) is 3.86. The molecule has 0 aromatic heterocycles. The third-order valence-electron chi connectivity index (χ3n) is 1.86. The third kappa shape index (κ3) is 9.59. The fourth-order valence-corrected chi connectivity index (χ4v) is 1.27. The molecular formula is C11H19ClO2. The largest absolute Gasteiger partial charge is 0.462 e. The van der Waals surface area contributed by atoms with E-state index in [1.54, 1.807) is 6.08 Å². The summed E-state index contributed by atoms with van der Waals surface area (Å²) in [4.78, 5) is 10.4. The van der Waals surface area contributed by atoms with Gasteiger partial charge in [-0.2, -0.15) is 0 Å². The molecule has 0 rings (SSSR count). The van der Waals surface area contributed by atoms with Gasteiger partial charge in [0.2, 0.25) is 0 Å². The zero-order chi connectivity index (χ0) is 10.8. The summed E-state index contributed by atoms with van der Waals surface area (Å²) in [5, 5.41) is 0.794. The minimum atomic E-state index is -0.267. The van der Waals surface area contributed by atoms with Crippen LogP contribution in [0, 0.1) is 0 Å². The molecule has 0 amide bonds. The van der Waals surface area contributed by atoms with Gasteiger partial charge >= 0.3 is 5.97 Å². The van der Waals surface area contributed by atoms with Crippen LogP contribution in [0.15, 0.2) is 11.1 Å². The fraction of sp³-hybridized carbons (Fsp3) is 0.727. The summed E-state index contributed by atoms with van der Waals surface area (Å²) in [5.74, 6) is -0.267. The molecule has 0 atom stereocenters. The van der Waals surface area contributed by atoms with E-state index in [0.29, 0.717) is 6.61 Å². The molecule has 14 heavy (non-hydrogen) atoms. The van der Waals surface area contributed by atoms with Crippen LogP contribution in [0.25, 0.3) is 0 Å². The molecule has 0 saturated carbocycles. The Morgan fingerprint density at radius 3 is 2.64 bits per heavy atom. The Hall–Kier alpha value is -0.500. The van der Waals surface area contributed by atoms with Crippen molar-refractivity contribution in [2.45, 2.75) is 46.0 Å². The average molecular weight is 219 g/mol. The van der Waals surface area contributed by atoms with Gasteiger partial charge in [0.05, 0.1) is 0 Å². The number of hydrogen-bond donors (Lipinski definition) is 0. The first-order valence-corrected chi connectivity index (χ1v) is 5.52. The predicted molar refractivity (Wildman–Crippen MR) is 59.3 cm³/mol. The Balaban J connectivity index is 3.42. The lowest BCUT2D eigenvalue weighted by atomic mass is 10.1. The molecule has 0 radical (unpaired) electrons. The second-order valence-corrected chi connectivity index (χ2v) is 3.75. The predicted octanol–water partition coefficient (Wildman–Crippen LogP) is 3.64. The lowest BCUT2D eigenvalue weighted by Crippen LogP contribution is -1.97. The topological polar surface area (TPSA) is 26.3 Å². The third-order valence-corrected chi connectivity index (χ3v) is 2.20. The summed E-state index contributed by atoms with van der Waals surface area (Å²) in [7, 11) is 0. The molecule has 0 aromatic carbocycles. The van der Waals surface area contributed by atoms with E-state index in [2.05, 4.69) is 6.92 Å². The Morgan fingerprint density at radius 2 is 2.07 bits per heavy atom. The molecule has 0 spiro atoms. The highest BCUT2D eigenvalue weighted by molar-refractivity contribution is 6.29. The lowest BCUT2D eigenvalue weighted by molar-refractivity contribution is -0.139. The molecule has 0 aromatic rings. The molecule has 2 nitrogen and oxygen atoms in total. The van der Waals surface area contributed by atoms with Crippen molar-refractivity contribution in [2.75, 3.05) is 6.61 Å². The summed E-state index contributed by atoms with van der Waals surface area (Å²) in [5.41, 5.74) is 0. The maximum atomic E-state index is 10.4. The first kappa shape index (κ1) is 13.5. The van der Waals surface area contributed by atoms with Crippen molar-refractivity contribution in [1.82, 2.24) is 0 Å². The van der Waals surface area contributed by atoms with Crippen LogP contribution >= 0.6 is 11.6 Å². The van der Waals surface area contributed by atoms with Gasteiger partial charge in [-0.3, -0.25) is 4.79 Å². The molecule has 0 heterocycles. The zero-order valence-corrected chi connectivity index (χ0v) is 9.77. The normalized spacial score (nSPS) is 11.5. The number of unbranched alkanes of at least 4 members (excludes halogenated alkanes) is 3. The van der Waals surface area contributed by atoms with E-state index in [-0.39, 0.29) is 5.97 Å². The molecule has 0 saturated heterocycles. The van der Waals surface area contributed by atoms with Gasteiger partial charge in [0.15, 0.2) is 0 Å². The van der Waals surface area contributed by atoms with Crippen molar-refractivity contribution in [3.63, 3.8) is 0 Å². The number of allylic oxidation sites excluding steroid dienone is 1. The number of carbonyl (C=O) groups is 1. The van der Waals surface area contributed by atoms with Crippen molar-refractivity contribution in [1.29, 1.82) is 0 Å². The van der Waals surface area contributed by atoms with Crippen molar-refractivity contribution in [3.05, 3.63) is 11.1 Å². The van der Waals surface area contributed by atoms with Crippen molar-refractivity contribution in [3.8, 4) is 0 Å². The monoisotopic (exact) mass is 218 g/mol. The van der Waals surface area contributed by atoms with Crippen LogP contribution in [0.3, 0.4) is 0 Å². The van der Waals surface area contributed by atoms with Crippen molar-refractivity contribution in [2.24, 2.45) is 0 Å². The Labute approximate surface area is 91.3 Å². The van der Waals surface area contributed by atoms with Crippen LogP contribution in [0.4, 0.5) is 0 Å². The standard InChI is InChI=1S/C11H19ClO2/c1-3-4-5-6-7-11(12)8-9-14-10(2)13/h8H,3-7,9H2,1-2H3. The summed E-state index contributed by atoms with van der Waals surface area (Å²) in [6, 6.07) is 0. The summed E-state index contributed by atoms with van der Waals surface area (Å²) >= 11 is 5.91. The van der Waals surface area contributed by atoms with Gasteiger partial charge in [0, 0.05) is 12.0 Å². The summed E-state index contributed by atoms with van der Waals surface area (Å²) < 4.78 is 4.74. The van der Waals surface area contributed by atoms with Gasteiger partial charge in [-0.25, -0.2) is 0 Å². The van der Waals surface area contributed by atoms with E-state index < -0.39 is 0 Å². The Bertz CT molecular complexity index is 188. The highest BCUT2D eigenvalue weighted by atomic mass is 35.5. The second-order valence-electron chi connectivity index (χ2n) is 3.26. The van der Waals surface area contributed by atoms with Crippen LogP contribution in [-0.2, 0) is 9.53 Å². The highest BCUT2D eigenvalue weighted by Crippen LogP contribution is 2.13. The molecule has 0 aliphatic heterocycles. The van der Waals surface area contributed by atoms with Crippen LogP contribution < -0.4 is 0 Å². The number of carbonyl (C=O) groups excluding carboxylic acids is 1. The second kappa shape index (κ2) is 9.07. The smallest absolute Gasteiger partial charge is 0.302 e. The molecule has 0 bridgehead atoms.